The number of carbonyl (C=O) groups excluding carboxylic acids is 1. The predicted octanol–water partition coefficient (Wildman–Crippen LogP) is 2.59. The summed E-state index contributed by atoms with van der Waals surface area (Å²) in [7, 11) is 0. The number of hydrogen-bond acceptors (Lipinski definition) is 2. The molecule has 0 fully saturated rings. The zero-order chi connectivity index (χ0) is 10.4. The van der Waals surface area contributed by atoms with Crippen molar-refractivity contribution in [1.29, 1.82) is 0 Å². The van der Waals surface area contributed by atoms with Crippen molar-refractivity contribution in [2.24, 2.45) is 0 Å². The molecule has 0 saturated carbocycles. The number of nitrogens with zero attached hydrogens (tertiary/aromatic N) is 1. The first-order valence-electron chi connectivity index (χ1n) is 4.39. The number of rotatable bonds is 3. The van der Waals surface area contributed by atoms with Crippen LogP contribution >= 0.6 is 11.8 Å². The Balaban J connectivity index is 4.22. The van der Waals surface area contributed by atoms with E-state index in [-0.39, 0.29) is 17.3 Å². The van der Waals surface area contributed by atoms with Crippen LogP contribution < -0.4 is 0 Å². The highest BCUT2D eigenvalue weighted by molar-refractivity contribution is 8.13. The maximum absolute atomic E-state index is 11.6. The van der Waals surface area contributed by atoms with Gasteiger partial charge in [-0.3, -0.25) is 4.79 Å². The summed E-state index contributed by atoms with van der Waals surface area (Å²) >= 11 is 1.19. The summed E-state index contributed by atoms with van der Waals surface area (Å²) in [5.41, 5.74) is 0. The van der Waals surface area contributed by atoms with E-state index >= 15 is 0 Å². The average Bonchev–Trinajstić information content (AvgIpc) is 1.99. The van der Waals surface area contributed by atoms with Crippen LogP contribution in [0.15, 0.2) is 0 Å². The summed E-state index contributed by atoms with van der Waals surface area (Å²) in [6.45, 7) is 8.03. The van der Waals surface area contributed by atoms with Crippen molar-refractivity contribution in [2.45, 2.75) is 39.8 Å². The van der Waals surface area contributed by atoms with Gasteiger partial charge in [-0.1, -0.05) is 17.7 Å². The Morgan fingerprint density at radius 3 is 2.15 bits per heavy atom. The summed E-state index contributed by atoms with van der Waals surface area (Å²) in [5, 5.41) is 0.0722. The second kappa shape index (κ2) is 5.93. The molecular weight excluding hydrogens is 182 g/mol. The van der Waals surface area contributed by atoms with E-state index in [1.54, 1.807) is 0 Å². The molecule has 0 spiro atoms. The summed E-state index contributed by atoms with van der Waals surface area (Å²) in [5.74, 6) is 2.90. The van der Waals surface area contributed by atoms with Crippen LogP contribution in [0.25, 0.3) is 0 Å². The predicted molar refractivity (Wildman–Crippen MR) is 58.8 cm³/mol. The van der Waals surface area contributed by atoms with Crippen LogP contribution in [0.4, 0.5) is 4.79 Å². The van der Waals surface area contributed by atoms with Crippen molar-refractivity contribution in [1.82, 2.24) is 4.90 Å². The molecule has 0 aliphatic heterocycles. The fourth-order valence-corrected chi connectivity index (χ4v) is 1.97. The lowest BCUT2D eigenvalue weighted by molar-refractivity contribution is 0.190. The molecule has 0 aromatic rings. The molecule has 0 aromatic carbocycles. The number of thioether (sulfide) groups is 1. The van der Waals surface area contributed by atoms with Gasteiger partial charge in [0, 0.05) is 12.1 Å². The van der Waals surface area contributed by atoms with Crippen LogP contribution in [0, 0.1) is 12.3 Å². The quantitative estimate of drug-likeness (QED) is 0.651. The highest BCUT2D eigenvalue weighted by Crippen LogP contribution is 2.14. The molecule has 0 heterocycles. The maximum Gasteiger partial charge on any atom is 0.283 e. The maximum atomic E-state index is 11.6. The first kappa shape index (κ1) is 12.4. The lowest BCUT2D eigenvalue weighted by Gasteiger charge is -2.29. The van der Waals surface area contributed by atoms with Gasteiger partial charge in [0.2, 0.25) is 0 Å². The molecule has 0 saturated heterocycles. The zero-order valence-corrected chi connectivity index (χ0v) is 9.52. The fourth-order valence-electron chi connectivity index (χ4n) is 1.20. The molecule has 13 heavy (non-hydrogen) atoms. The van der Waals surface area contributed by atoms with Gasteiger partial charge in [0.25, 0.3) is 5.24 Å². The number of terminal acetylenes is 1. The monoisotopic (exact) mass is 199 g/mol. The molecule has 2 nitrogen and oxygen atoms in total. The SMILES string of the molecule is C#CCSC(=O)N(C(C)C)C(C)C. The lowest BCUT2D eigenvalue weighted by atomic mass is 10.2. The van der Waals surface area contributed by atoms with E-state index < -0.39 is 0 Å². The van der Waals surface area contributed by atoms with Gasteiger partial charge < -0.3 is 4.90 Å². The molecule has 3 heteroatoms. The standard InChI is InChI=1S/C10H17NOS/c1-6-7-13-10(12)11(8(2)3)9(4)5/h1,8-9H,7H2,2-5H3. The normalized spacial score (nSPS) is 10.2. The summed E-state index contributed by atoms with van der Waals surface area (Å²) in [6.07, 6.45) is 5.09. The molecule has 1 amide bonds. The molecule has 74 valence electrons. The van der Waals surface area contributed by atoms with E-state index in [2.05, 4.69) is 5.92 Å². The fraction of sp³-hybridized carbons (Fsp3) is 0.700. The van der Waals surface area contributed by atoms with Gasteiger partial charge in [-0.25, -0.2) is 0 Å². The number of carbonyl (C=O) groups is 1. The van der Waals surface area contributed by atoms with Gasteiger partial charge in [-0.05, 0) is 27.7 Å². The van der Waals surface area contributed by atoms with Gasteiger partial charge in [0.05, 0.1) is 5.75 Å². The van der Waals surface area contributed by atoms with E-state index in [0.29, 0.717) is 5.75 Å². The van der Waals surface area contributed by atoms with Crippen molar-refractivity contribution >= 4 is 17.0 Å². The molecule has 0 N–H and O–H groups in total. The minimum Gasteiger partial charge on any atom is -0.329 e. The summed E-state index contributed by atoms with van der Waals surface area (Å²) in [6, 6.07) is 0.468. The highest BCUT2D eigenvalue weighted by atomic mass is 32.2. The van der Waals surface area contributed by atoms with Gasteiger partial charge in [0.15, 0.2) is 0 Å². The van der Waals surface area contributed by atoms with E-state index in [9.17, 15) is 4.79 Å². The van der Waals surface area contributed by atoms with Crippen LogP contribution in [0.5, 0.6) is 0 Å². The third-order valence-electron chi connectivity index (χ3n) is 1.60. The van der Waals surface area contributed by atoms with Crippen LogP contribution in [-0.4, -0.2) is 28.0 Å². The first-order valence-corrected chi connectivity index (χ1v) is 5.37. The third-order valence-corrected chi connectivity index (χ3v) is 2.37. The molecule has 0 rings (SSSR count). The van der Waals surface area contributed by atoms with Crippen LogP contribution in [-0.2, 0) is 0 Å². The van der Waals surface area contributed by atoms with E-state index in [1.807, 2.05) is 32.6 Å². The summed E-state index contributed by atoms with van der Waals surface area (Å²) < 4.78 is 0. The molecule has 0 radical (unpaired) electrons. The molecule has 0 aromatic heterocycles. The Morgan fingerprint density at radius 1 is 1.38 bits per heavy atom. The second-order valence-electron chi connectivity index (χ2n) is 3.35. The Hall–Kier alpha value is -0.620. The minimum absolute atomic E-state index is 0.0722. The van der Waals surface area contributed by atoms with Crippen LogP contribution in [0.2, 0.25) is 0 Å². The van der Waals surface area contributed by atoms with E-state index in [1.165, 1.54) is 11.8 Å². The smallest absolute Gasteiger partial charge is 0.283 e. The zero-order valence-electron chi connectivity index (χ0n) is 8.70. The molecule has 0 bridgehead atoms. The van der Waals surface area contributed by atoms with Crippen molar-refractivity contribution in [3.63, 3.8) is 0 Å². The van der Waals surface area contributed by atoms with Gasteiger partial charge in [-0.15, -0.1) is 6.42 Å². The van der Waals surface area contributed by atoms with Crippen molar-refractivity contribution in [2.75, 3.05) is 5.75 Å². The Labute approximate surface area is 85.1 Å². The second-order valence-corrected chi connectivity index (χ2v) is 4.28. The van der Waals surface area contributed by atoms with Crippen molar-refractivity contribution in [3.05, 3.63) is 0 Å². The van der Waals surface area contributed by atoms with Gasteiger partial charge in [-0.2, -0.15) is 0 Å². The number of amides is 1. The van der Waals surface area contributed by atoms with E-state index in [4.69, 9.17) is 6.42 Å². The lowest BCUT2D eigenvalue weighted by Crippen LogP contribution is -2.39. The third kappa shape index (κ3) is 4.23. The van der Waals surface area contributed by atoms with Gasteiger partial charge in [0.1, 0.15) is 0 Å². The molecule has 0 aliphatic rings. The molecule has 0 atom stereocenters. The molecule has 0 aliphatic carbocycles. The van der Waals surface area contributed by atoms with Crippen LogP contribution in [0.1, 0.15) is 27.7 Å². The molecular formula is C10H17NOS. The Kier molecular flexibility index (Phi) is 5.65. The van der Waals surface area contributed by atoms with Crippen molar-refractivity contribution in [3.8, 4) is 12.3 Å². The Morgan fingerprint density at radius 2 is 1.85 bits per heavy atom. The highest BCUT2D eigenvalue weighted by Gasteiger charge is 2.19. The topological polar surface area (TPSA) is 20.3 Å². The average molecular weight is 199 g/mol. The first-order chi connectivity index (χ1) is 6.00. The van der Waals surface area contributed by atoms with Crippen molar-refractivity contribution < 1.29 is 4.79 Å². The number of hydrogen-bond donors (Lipinski definition) is 0. The Bertz CT molecular complexity index is 197. The van der Waals surface area contributed by atoms with E-state index in [0.717, 1.165) is 0 Å². The molecule has 0 unspecified atom stereocenters. The summed E-state index contributed by atoms with van der Waals surface area (Å²) in [4.78, 5) is 13.4. The minimum atomic E-state index is 0.0722. The van der Waals surface area contributed by atoms with Gasteiger partial charge >= 0.3 is 0 Å². The van der Waals surface area contributed by atoms with Crippen LogP contribution in [0.3, 0.4) is 0 Å². The largest absolute Gasteiger partial charge is 0.329 e.